The molecule has 1 fully saturated rings. The molecule has 0 radical (unpaired) electrons. The zero-order valence-corrected chi connectivity index (χ0v) is 15.7. The second-order valence-corrected chi connectivity index (χ2v) is 7.59. The summed E-state index contributed by atoms with van der Waals surface area (Å²) in [6, 6.07) is 15.0. The van der Waals surface area contributed by atoms with Gasteiger partial charge in [-0.05, 0) is 67.1 Å². The van der Waals surface area contributed by atoms with Crippen LogP contribution in [0.5, 0.6) is 0 Å². The van der Waals surface area contributed by atoms with Crippen molar-refractivity contribution in [3.63, 3.8) is 0 Å². The fraction of sp³-hybridized carbons (Fsp3) is 0.238. The number of hydrogen-bond donors (Lipinski definition) is 2. The third kappa shape index (κ3) is 3.95. The van der Waals surface area contributed by atoms with Crippen LogP contribution in [0.2, 0.25) is 0 Å². The highest BCUT2D eigenvalue weighted by molar-refractivity contribution is 7.13. The summed E-state index contributed by atoms with van der Waals surface area (Å²) in [7, 11) is 0. The maximum absolute atomic E-state index is 12.5. The summed E-state index contributed by atoms with van der Waals surface area (Å²) in [4.78, 5) is 30.9. The van der Waals surface area contributed by atoms with Crippen LogP contribution in [-0.4, -0.2) is 24.0 Å². The molecule has 3 heterocycles. The average Bonchev–Trinajstić information content (AvgIpc) is 3.24. The Morgan fingerprint density at radius 2 is 1.78 bits per heavy atom. The van der Waals surface area contributed by atoms with Crippen LogP contribution < -0.4 is 15.8 Å². The van der Waals surface area contributed by atoms with E-state index in [0.717, 1.165) is 23.7 Å². The fourth-order valence-corrected chi connectivity index (χ4v) is 4.04. The quantitative estimate of drug-likeness (QED) is 0.708. The number of benzene rings is 1. The number of carbonyl (C=O) groups excluding carboxylic acids is 1. The normalized spacial score (nSPS) is 14.1. The molecule has 1 amide bonds. The van der Waals surface area contributed by atoms with Crippen LogP contribution in [0.15, 0.2) is 58.7 Å². The molecule has 3 aromatic rings. The van der Waals surface area contributed by atoms with Crippen molar-refractivity contribution >= 4 is 28.6 Å². The van der Waals surface area contributed by atoms with E-state index in [4.69, 9.17) is 0 Å². The number of carbonyl (C=O) groups is 1. The van der Waals surface area contributed by atoms with Crippen LogP contribution in [0.1, 0.15) is 29.6 Å². The van der Waals surface area contributed by atoms with Gasteiger partial charge in [0.15, 0.2) is 0 Å². The Morgan fingerprint density at radius 1 is 1.00 bits per heavy atom. The first kappa shape index (κ1) is 17.5. The maximum Gasteiger partial charge on any atom is 0.261 e. The minimum atomic E-state index is -0.403. The summed E-state index contributed by atoms with van der Waals surface area (Å²) < 4.78 is 0. The van der Waals surface area contributed by atoms with E-state index in [-0.39, 0.29) is 11.1 Å². The van der Waals surface area contributed by atoms with Gasteiger partial charge in [-0.2, -0.15) is 0 Å². The summed E-state index contributed by atoms with van der Waals surface area (Å²) >= 11 is 1.54. The van der Waals surface area contributed by atoms with Crippen LogP contribution in [0.25, 0.3) is 10.6 Å². The number of nitrogens with one attached hydrogen (secondary N) is 2. The average molecular weight is 379 g/mol. The maximum atomic E-state index is 12.5. The summed E-state index contributed by atoms with van der Waals surface area (Å²) in [6.45, 7) is 2.16. The number of nitrogens with zero attached hydrogens (tertiary/aromatic N) is 1. The number of H-pyrrole nitrogens is 1. The van der Waals surface area contributed by atoms with Crippen LogP contribution >= 0.6 is 11.3 Å². The molecule has 0 spiro atoms. The lowest BCUT2D eigenvalue weighted by Crippen LogP contribution is -2.29. The molecule has 138 valence electrons. The first-order valence-electron chi connectivity index (χ1n) is 9.14. The molecular formula is C21H21N3O2S. The number of aromatic nitrogens is 1. The van der Waals surface area contributed by atoms with Crippen LogP contribution in [0.4, 0.5) is 11.4 Å². The lowest BCUT2D eigenvalue weighted by Gasteiger charge is -2.28. The van der Waals surface area contributed by atoms with Gasteiger partial charge < -0.3 is 15.2 Å². The van der Waals surface area contributed by atoms with Gasteiger partial charge in [0.05, 0.1) is 10.6 Å². The molecule has 0 atom stereocenters. The van der Waals surface area contributed by atoms with E-state index in [1.54, 1.807) is 12.1 Å². The standard InChI is InChI=1S/C21H21N3O2S/c25-20(17-10-11-18(23-21(17)26)19-5-4-14-27-19)22-15-6-8-16(9-7-15)24-12-2-1-3-13-24/h4-11,14H,1-3,12-13H2,(H,22,25)(H,23,26). The van der Waals surface area contributed by atoms with Crippen molar-refractivity contribution in [1.29, 1.82) is 0 Å². The number of rotatable bonds is 4. The van der Waals surface area contributed by atoms with E-state index in [1.165, 1.54) is 36.3 Å². The van der Waals surface area contributed by atoms with Gasteiger partial charge in [0.25, 0.3) is 11.5 Å². The molecule has 6 heteroatoms. The van der Waals surface area contributed by atoms with Gasteiger partial charge in [-0.15, -0.1) is 11.3 Å². The van der Waals surface area contributed by atoms with E-state index in [0.29, 0.717) is 5.69 Å². The van der Waals surface area contributed by atoms with Gasteiger partial charge >= 0.3 is 0 Å². The first-order valence-corrected chi connectivity index (χ1v) is 10.0. The topological polar surface area (TPSA) is 65.2 Å². The molecule has 1 saturated heterocycles. The summed E-state index contributed by atoms with van der Waals surface area (Å²) in [5.41, 5.74) is 2.30. The molecular weight excluding hydrogens is 358 g/mol. The number of piperidine rings is 1. The van der Waals surface area contributed by atoms with Gasteiger partial charge in [-0.25, -0.2) is 0 Å². The van der Waals surface area contributed by atoms with Crippen LogP contribution in [-0.2, 0) is 0 Å². The Hall–Kier alpha value is -2.86. The van der Waals surface area contributed by atoms with Crippen molar-refractivity contribution in [3.8, 4) is 10.6 Å². The molecule has 1 aromatic carbocycles. The molecule has 2 N–H and O–H groups in total. The number of pyridine rings is 1. The molecule has 27 heavy (non-hydrogen) atoms. The Kier molecular flexibility index (Phi) is 5.07. The summed E-state index contributed by atoms with van der Waals surface area (Å²) in [5, 5.41) is 4.75. The number of thiophene rings is 1. The van der Waals surface area contributed by atoms with Crippen LogP contribution in [0, 0.1) is 0 Å². The largest absolute Gasteiger partial charge is 0.372 e. The van der Waals surface area contributed by atoms with Crippen molar-refractivity contribution in [3.05, 3.63) is 69.8 Å². The monoisotopic (exact) mass is 379 g/mol. The predicted octanol–water partition coefficient (Wildman–Crippen LogP) is 4.35. The zero-order chi connectivity index (χ0) is 18.6. The molecule has 0 saturated carbocycles. The molecule has 1 aliphatic heterocycles. The molecule has 0 bridgehead atoms. The molecule has 0 aliphatic carbocycles. The fourth-order valence-electron chi connectivity index (χ4n) is 3.33. The Labute approximate surface area is 161 Å². The Morgan fingerprint density at radius 3 is 2.44 bits per heavy atom. The first-order chi connectivity index (χ1) is 13.2. The third-order valence-electron chi connectivity index (χ3n) is 4.79. The van der Waals surface area contributed by atoms with Gasteiger partial charge in [0.1, 0.15) is 5.56 Å². The van der Waals surface area contributed by atoms with Gasteiger partial charge in [-0.3, -0.25) is 9.59 Å². The number of anilines is 2. The van der Waals surface area contributed by atoms with Crippen molar-refractivity contribution in [2.24, 2.45) is 0 Å². The van der Waals surface area contributed by atoms with Crippen molar-refractivity contribution in [1.82, 2.24) is 4.98 Å². The van der Waals surface area contributed by atoms with Crippen molar-refractivity contribution < 1.29 is 4.79 Å². The summed E-state index contributed by atoms with van der Waals surface area (Å²) in [5.74, 6) is -0.403. The van der Waals surface area contributed by atoms with E-state index >= 15 is 0 Å². The highest BCUT2D eigenvalue weighted by Crippen LogP contribution is 2.23. The lowest BCUT2D eigenvalue weighted by atomic mass is 10.1. The van der Waals surface area contributed by atoms with E-state index in [2.05, 4.69) is 15.2 Å². The number of amides is 1. The molecule has 0 unspecified atom stereocenters. The van der Waals surface area contributed by atoms with E-state index in [9.17, 15) is 9.59 Å². The second kappa shape index (κ2) is 7.80. The van der Waals surface area contributed by atoms with E-state index < -0.39 is 5.91 Å². The molecule has 2 aromatic heterocycles. The predicted molar refractivity (Wildman–Crippen MR) is 111 cm³/mol. The van der Waals surface area contributed by atoms with Gasteiger partial charge in [0, 0.05) is 24.5 Å². The summed E-state index contributed by atoms with van der Waals surface area (Å²) in [6.07, 6.45) is 3.75. The molecule has 4 rings (SSSR count). The van der Waals surface area contributed by atoms with Gasteiger partial charge in [-0.1, -0.05) is 6.07 Å². The highest BCUT2D eigenvalue weighted by atomic mass is 32.1. The minimum absolute atomic E-state index is 0.107. The van der Waals surface area contributed by atoms with Crippen molar-refractivity contribution in [2.75, 3.05) is 23.3 Å². The van der Waals surface area contributed by atoms with E-state index in [1.807, 2.05) is 41.8 Å². The molecule has 5 nitrogen and oxygen atoms in total. The zero-order valence-electron chi connectivity index (χ0n) is 14.9. The third-order valence-corrected chi connectivity index (χ3v) is 5.69. The smallest absolute Gasteiger partial charge is 0.261 e. The van der Waals surface area contributed by atoms with Crippen molar-refractivity contribution in [2.45, 2.75) is 19.3 Å². The SMILES string of the molecule is O=C(Nc1ccc(N2CCCCC2)cc1)c1ccc(-c2cccs2)[nH]c1=O. The van der Waals surface area contributed by atoms with Crippen LogP contribution in [0.3, 0.4) is 0 Å². The molecule has 1 aliphatic rings. The Bertz CT molecular complexity index is 971. The second-order valence-electron chi connectivity index (χ2n) is 6.64. The lowest BCUT2D eigenvalue weighted by molar-refractivity contribution is 0.102. The minimum Gasteiger partial charge on any atom is -0.372 e. The number of hydrogen-bond acceptors (Lipinski definition) is 4. The Balaban J connectivity index is 1.46. The highest BCUT2D eigenvalue weighted by Gasteiger charge is 2.14. The van der Waals surface area contributed by atoms with Gasteiger partial charge in [0.2, 0.25) is 0 Å². The number of aromatic amines is 1.